The van der Waals surface area contributed by atoms with Crippen LogP contribution in [0.4, 0.5) is 9.18 Å². The maximum atomic E-state index is 15.1. The summed E-state index contributed by atoms with van der Waals surface area (Å²) in [7, 11) is 0. The molecule has 2 aliphatic heterocycles. The number of carbonyl (C=O) groups is 3. The SMILES string of the molecule is C[C@H]1CN(C(=O)OC(C)(C)C)C/C(=C(/F)CN2C(=O)c3ccccc3C2=O)CO1. The third kappa shape index (κ3) is 4.64. The highest BCUT2D eigenvalue weighted by atomic mass is 19.1. The molecule has 2 aliphatic rings. The smallest absolute Gasteiger partial charge is 0.410 e. The van der Waals surface area contributed by atoms with Crippen molar-refractivity contribution in [2.75, 3.05) is 26.2 Å². The molecule has 7 nitrogen and oxygen atoms in total. The van der Waals surface area contributed by atoms with E-state index in [1.54, 1.807) is 52.0 Å². The van der Waals surface area contributed by atoms with Crippen molar-refractivity contribution in [1.29, 1.82) is 0 Å². The van der Waals surface area contributed by atoms with Crippen LogP contribution in [0.15, 0.2) is 35.7 Å². The third-order valence-electron chi connectivity index (χ3n) is 4.61. The van der Waals surface area contributed by atoms with Gasteiger partial charge in [0, 0.05) is 5.57 Å². The predicted molar refractivity (Wildman–Crippen MR) is 103 cm³/mol. The molecule has 156 valence electrons. The van der Waals surface area contributed by atoms with Crippen LogP contribution in [0.25, 0.3) is 0 Å². The average molecular weight is 404 g/mol. The number of carbonyl (C=O) groups excluding carboxylic acids is 3. The summed E-state index contributed by atoms with van der Waals surface area (Å²) in [4.78, 5) is 39.7. The number of hydrogen-bond donors (Lipinski definition) is 0. The highest BCUT2D eigenvalue weighted by Crippen LogP contribution is 2.25. The molecular weight excluding hydrogens is 379 g/mol. The van der Waals surface area contributed by atoms with Gasteiger partial charge >= 0.3 is 6.09 Å². The van der Waals surface area contributed by atoms with E-state index in [0.717, 1.165) is 4.90 Å². The minimum absolute atomic E-state index is 0.0323. The summed E-state index contributed by atoms with van der Waals surface area (Å²) in [5, 5.41) is 0. The second-order valence-corrected chi connectivity index (χ2v) is 8.23. The molecule has 1 atom stereocenters. The van der Waals surface area contributed by atoms with Crippen LogP contribution in [0.5, 0.6) is 0 Å². The van der Waals surface area contributed by atoms with Gasteiger partial charge in [-0.1, -0.05) is 12.1 Å². The number of imide groups is 1. The summed E-state index contributed by atoms with van der Waals surface area (Å²) in [6.07, 6.45) is -0.881. The Kier molecular flexibility index (Phi) is 5.75. The van der Waals surface area contributed by atoms with Crippen LogP contribution < -0.4 is 0 Å². The molecule has 0 saturated carbocycles. The second-order valence-electron chi connectivity index (χ2n) is 8.23. The Bertz CT molecular complexity index is 839. The molecule has 3 amide bonds. The lowest BCUT2D eigenvalue weighted by atomic mass is 10.1. The second kappa shape index (κ2) is 7.94. The largest absolute Gasteiger partial charge is 0.444 e. The van der Waals surface area contributed by atoms with E-state index in [4.69, 9.17) is 9.47 Å². The van der Waals surface area contributed by atoms with E-state index >= 15 is 4.39 Å². The van der Waals surface area contributed by atoms with Gasteiger partial charge in [0.25, 0.3) is 11.8 Å². The van der Waals surface area contributed by atoms with E-state index in [-0.39, 0.29) is 42.5 Å². The molecule has 1 saturated heterocycles. The summed E-state index contributed by atoms with van der Waals surface area (Å²) < 4.78 is 26.0. The molecule has 0 aliphatic carbocycles. The average Bonchev–Trinajstić information content (AvgIpc) is 2.79. The van der Waals surface area contributed by atoms with E-state index in [9.17, 15) is 14.4 Å². The fraction of sp³-hybridized carbons (Fsp3) is 0.476. The van der Waals surface area contributed by atoms with E-state index in [1.165, 1.54) is 4.90 Å². The van der Waals surface area contributed by atoms with Gasteiger partial charge in [-0.2, -0.15) is 0 Å². The lowest BCUT2D eigenvalue weighted by molar-refractivity contribution is 0.0171. The molecule has 1 aromatic carbocycles. The highest BCUT2D eigenvalue weighted by Gasteiger charge is 2.36. The van der Waals surface area contributed by atoms with Crippen LogP contribution in [0.1, 0.15) is 48.4 Å². The summed E-state index contributed by atoms with van der Waals surface area (Å²) >= 11 is 0. The van der Waals surface area contributed by atoms with Gasteiger partial charge < -0.3 is 14.4 Å². The summed E-state index contributed by atoms with van der Waals surface area (Å²) in [5.41, 5.74) is 0.0420. The zero-order valence-electron chi connectivity index (χ0n) is 17.0. The third-order valence-corrected chi connectivity index (χ3v) is 4.61. The molecule has 0 bridgehead atoms. The van der Waals surface area contributed by atoms with E-state index in [2.05, 4.69) is 0 Å². The first-order chi connectivity index (χ1) is 13.6. The first kappa shape index (κ1) is 21.0. The number of hydrogen-bond acceptors (Lipinski definition) is 5. The van der Waals surface area contributed by atoms with Crippen molar-refractivity contribution in [2.24, 2.45) is 0 Å². The fourth-order valence-electron chi connectivity index (χ4n) is 3.21. The van der Waals surface area contributed by atoms with Crippen LogP contribution in [-0.2, 0) is 9.47 Å². The molecule has 3 rings (SSSR count). The predicted octanol–water partition coefficient (Wildman–Crippen LogP) is 3.16. The Balaban J connectivity index is 1.79. The van der Waals surface area contributed by atoms with Gasteiger partial charge in [-0.15, -0.1) is 0 Å². The van der Waals surface area contributed by atoms with Crippen LogP contribution in [0.3, 0.4) is 0 Å². The first-order valence-corrected chi connectivity index (χ1v) is 9.48. The molecule has 8 heteroatoms. The van der Waals surface area contributed by atoms with Crippen LogP contribution in [0, 0.1) is 0 Å². The van der Waals surface area contributed by atoms with Gasteiger partial charge in [-0.05, 0) is 39.8 Å². The standard InChI is InChI=1S/C21H25FN2O5/c1-13-9-23(20(27)29-21(2,3)4)10-14(12-28-13)17(22)11-24-18(25)15-7-5-6-8-16(15)19(24)26/h5-8,13H,9-12H2,1-4H3/b17-14-/t13-/m0/s1. The number of ether oxygens (including phenoxy) is 2. The van der Waals surface area contributed by atoms with Crippen LogP contribution >= 0.6 is 0 Å². The number of halogens is 1. The van der Waals surface area contributed by atoms with E-state index in [0.29, 0.717) is 0 Å². The van der Waals surface area contributed by atoms with Crippen molar-refractivity contribution >= 4 is 17.9 Å². The zero-order valence-corrected chi connectivity index (χ0v) is 17.0. The van der Waals surface area contributed by atoms with Gasteiger partial charge in [-0.3, -0.25) is 14.5 Å². The topological polar surface area (TPSA) is 76.2 Å². The molecule has 1 aromatic rings. The van der Waals surface area contributed by atoms with Crippen molar-refractivity contribution in [3.63, 3.8) is 0 Å². The maximum Gasteiger partial charge on any atom is 0.410 e. The maximum absolute atomic E-state index is 15.1. The van der Waals surface area contributed by atoms with E-state index in [1.807, 2.05) is 0 Å². The Morgan fingerprint density at radius 3 is 2.34 bits per heavy atom. The Labute approximate surface area is 169 Å². The normalized spacial score (nSPS) is 21.8. The molecule has 0 N–H and O–H groups in total. The lowest BCUT2D eigenvalue weighted by Gasteiger charge is -2.27. The van der Waals surface area contributed by atoms with Crippen LogP contribution in [-0.4, -0.2) is 65.7 Å². The summed E-state index contributed by atoms with van der Waals surface area (Å²) in [5.74, 6) is -1.73. The minimum Gasteiger partial charge on any atom is -0.444 e. The molecular formula is C21H25FN2O5. The molecule has 1 fully saturated rings. The zero-order chi connectivity index (χ0) is 21.3. The van der Waals surface area contributed by atoms with Gasteiger partial charge in [-0.25, -0.2) is 9.18 Å². The highest BCUT2D eigenvalue weighted by molar-refractivity contribution is 6.21. The Hall–Kier alpha value is -2.74. The molecule has 0 radical (unpaired) electrons. The monoisotopic (exact) mass is 404 g/mol. The van der Waals surface area contributed by atoms with Crippen molar-refractivity contribution in [1.82, 2.24) is 9.80 Å². The Morgan fingerprint density at radius 1 is 1.21 bits per heavy atom. The van der Waals surface area contributed by atoms with Crippen molar-refractivity contribution in [2.45, 2.75) is 39.4 Å². The molecule has 2 heterocycles. The fourth-order valence-corrected chi connectivity index (χ4v) is 3.21. The van der Waals surface area contributed by atoms with Crippen LogP contribution in [0.2, 0.25) is 0 Å². The number of amides is 3. The summed E-state index contributed by atoms with van der Waals surface area (Å²) in [6, 6.07) is 6.39. The van der Waals surface area contributed by atoms with Gasteiger partial charge in [0.2, 0.25) is 0 Å². The van der Waals surface area contributed by atoms with Gasteiger partial charge in [0.1, 0.15) is 11.4 Å². The Morgan fingerprint density at radius 2 is 1.79 bits per heavy atom. The van der Waals surface area contributed by atoms with Crippen molar-refractivity contribution < 1.29 is 28.2 Å². The van der Waals surface area contributed by atoms with Crippen molar-refractivity contribution in [3.8, 4) is 0 Å². The van der Waals surface area contributed by atoms with Gasteiger partial charge in [0.15, 0.2) is 0 Å². The summed E-state index contributed by atoms with van der Waals surface area (Å²) in [6.45, 7) is 6.72. The number of rotatable bonds is 2. The molecule has 0 aromatic heterocycles. The number of nitrogens with zero attached hydrogens (tertiary/aromatic N) is 2. The van der Waals surface area contributed by atoms with E-state index < -0.39 is 35.9 Å². The number of benzene rings is 1. The number of fused-ring (bicyclic) bond motifs is 1. The van der Waals surface area contributed by atoms with Gasteiger partial charge in [0.05, 0.1) is 43.5 Å². The quantitative estimate of drug-likeness (QED) is 0.708. The lowest BCUT2D eigenvalue weighted by Crippen LogP contribution is -2.40. The molecule has 0 spiro atoms. The first-order valence-electron chi connectivity index (χ1n) is 9.48. The minimum atomic E-state index is -0.684. The van der Waals surface area contributed by atoms with Crippen molar-refractivity contribution in [3.05, 3.63) is 46.8 Å². The molecule has 0 unspecified atom stereocenters. The molecule has 29 heavy (non-hydrogen) atoms.